The Bertz CT molecular complexity index is 668. The molecule has 0 radical (unpaired) electrons. The first-order valence-corrected chi connectivity index (χ1v) is 6.84. The topological polar surface area (TPSA) is 153 Å². The number of primary sulfonamides is 1. The van der Waals surface area contributed by atoms with Gasteiger partial charge in [0.2, 0.25) is 10.0 Å². The van der Waals surface area contributed by atoms with Gasteiger partial charge >= 0.3 is 0 Å². The van der Waals surface area contributed by atoms with Crippen LogP contribution in [-0.2, 0) is 10.0 Å². The molecule has 9 nitrogen and oxygen atoms in total. The number of rotatable bonds is 4. The lowest BCUT2D eigenvalue weighted by atomic mass is 10.2. The fourth-order valence-electron chi connectivity index (χ4n) is 1.54. The molecule has 0 spiro atoms. The first kappa shape index (κ1) is 13.2. The number of aromatic amines is 1. The highest BCUT2D eigenvalue weighted by Gasteiger charge is 2.13. The van der Waals surface area contributed by atoms with E-state index in [4.69, 9.17) is 10.9 Å². The molecule has 2 rings (SSSR count). The summed E-state index contributed by atoms with van der Waals surface area (Å²) in [5.41, 5.74) is 6.43. The molecule has 1 heterocycles. The van der Waals surface area contributed by atoms with E-state index >= 15 is 0 Å². The second-order valence-electron chi connectivity index (χ2n) is 3.97. The first-order chi connectivity index (χ1) is 8.86. The van der Waals surface area contributed by atoms with Crippen molar-refractivity contribution in [3.05, 3.63) is 24.0 Å². The molecule has 0 fully saturated rings. The SMILES string of the molecule is CC(Nc1cc(N)cc(S(N)(=O)=O)c1)c1nn[nH]n1. The molecule has 2 aromatic rings. The molecule has 0 bridgehead atoms. The number of nitrogen functional groups attached to an aromatic ring is 1. The van der Waals surface area contributed by atoms with Crippen molar-refractivity contribution in [1.29, 1.82) is 0 Å². The van der Waals surface area contributed by atoms with Crippen LogP contribution in [0.5, 0.6) is 0 Å². The van der Waals surface area contributed by atoms with Gasteiger partial charge in [-0.3, -0.25) is 0 Å². The van der Waals surface area contributed by atoms with Gasteiger partial charge in [0, 0.05) is 11.4 Å². The summed E-state index contributed by atoms with van der Waals surface area (Å²) in [5, 5.41) is 21.5. The van der Waals surface area contributed by atoms with Gasteiger partial charge in [0.1, 0.15) is 0 Å². The lowest BCUT2D eigenvalue weighted by Crippen LogP contribution is -2.14. The van der Waals surface area contributed by atoms with Gasteiger partial charge in [-0.25, -0.2) is 13.6 Å². The predicted molar refractivity (Wildman–Crippen MR) is 68.4 cm³/mol. The van der Waals surface area contributed by atoms with Gasteiger partial charge in [-0.1, -0.05) is 5.21 Å². The van der Waals surface area contributed by atoms with Crippen molar-refractivity contribution < 1.29 is 8.42 Å². The fourth-order valence-corrected chi connectivity index (χ4v) is 2.13. The second kappa shape index (κ2) is 4.82. The van der Waals surface area contributed by atoms with Crippen LogP contribution in [0.2, 0.25) is 0 Å². The maximum atomic E-state index is 11.3. The van der Waals surface area contributed by atoms with Crippen molar-refractivity contribution in [2.75, 3.05) is 11.1 Å². The van der Waals surface area contributed by atoms with Gasteiger partial charge in [0.25, 0.3) is 0 Å². The Balaban J connectivity index is 2.28. The molecule has 6 N–H and O–H groups in total. The number of hydrogen-bond donors (Lipinski definition) is 4. The van der Waals surface area contributed by atoms with E-state index in [1.165, 1.54) is 12.1 Å². The Morgan fingerprint density at radius 3 is 2.68 bits per heavy atom. The van der Waals surface area contributed by atoms with Gasteiger partial charge in [-0.05, 0) is 25.1 Å². The molecule has 10 heteroatoms. The van der Waals surface area contributed by atoms with Crippen LogP contribution in [0.3, 0.4) is 0 Å². The van der Waals surface area contributed by atoms with E-state index in [1.807, 2.05) is 0 Å². The van der Waals surface area contributed by atoms with Crippen LogP contribution in [0.4, 0.5) is 11.4 Å². The number of anilines is 2. The van der Waals surface area contributed by atoms with E-state index in [-0.39, 0.29) is 16.6 Å². The Labute approximate surface area is 109 Å². The Morgan fingerprint density at radius 1 is 1.37 bits per heavy atom. The molecule has 0 saturated carbocycles. The van der Waals surface area contributed by atoms with E-state index in [0.29, 0.717) is 11.5 Å². The lowest BCUT2D eigenvalue weighted by molar-refractivity contribution is 0.598. The van der Waals surface area contributed by atoms with Gasteiger partial charge in [-0.15, -0.1) is 10.2 Å². The number of tetrazole rings is 1. The lowest BCUT2D eigenvalue weighted by Gasteiger charge is -2.13. The molecule has 19 heavy (non-hydrogen) atoms. The molecule has 0 aliphatic heterocycles. The van der Waals surface area contributed by atoms with Crippen LogP contribution < -0.4 is 16.2 Å². The monoisotopic (exact) mass is 283 g/mol. The summed E-state index contributed by atoms with van der Waals surface area (Å²) >= 11 is 0. The maximum Gasteiger partial charge on any atom is 0.238 e. The largest absolute Gasteiger partial charge is 0.399 e. The van der Waals surface area contributed by atoms with Gasteiger partial charge in [-0.2, -0.15) is 5.21 Å². The minimum atomic E-state index is -3.81. The molecule has 1 unspecified atom stereocenters. The number of nitrogens with one attached hydrogen (secondary N) is 2. The Kier molecular flexibility index (Phi) is 3.36. The molecule has 102 valence electrons. The fraction of sp³-hybridized carbons (Fsp3) is 0.222. The zero-order valence-corrected chi connectivity index (χ0v) is 10.8. The van der Waals surface area contributed by atoms with Crippen LogP contribution >= 0.6 is 0 Å². The second-order valence-corrected chi connectivity index (χ2v) is 5.53. The van der Waals surface area contributed by atoms with Gasteiger partial charge < -0.3 is 11.1 Å². The highest BCUT2D eigenvalue weighted by molar-refractivity contribution is 7.89. The highest BCUT2D eigenvalue weighted by atomic mass is 32.2. The normalized spacial score (nSPS) is 13.2. The third-order valence-corrected chi connectivity index (χ3v) is 3.28. The minimum Gasteiger partial charge on any atom is -0.399 e. The number of nitrogens with zero attached hydrogens (tertiary/aromatic N) is 3. The number of sulfonamides is 1. The molecule has 0 amide bonds. The van der Waals surface area contributed by atoms with E-state index in [0.717, 1.165) is 0 Å². The van der Waals surface area contributed by atoms with Crippen molar-refractivity contribution in [3.8, 4) is 0 Å². The number of aromatic nitrogens is 4. The first-order valence-electron chi connectivity index (χ1n) is 5.29. The smallest absolute Gasteiger partial charge is 0.238 e. The van der Waals surface area contributed by atoms with Gasteiger partial charge in [0.15, 0.2) is 5.82 Å². The average molecular weight is 283 g/mol. The van der Waals surface area contributed by atoms with E-state index in [9.17, 15) is 8.42 Å². The van der Waals surface area contributed by atoms with Crippen LogP contribution in [-0.4, -0.2) is 29.0 Å². The summed E-state index contributed by atoms with van der Waals surface area (Å²) in [4.78, 5) is -0.0599. The Morgan fingerprint density at radius 2 is 2.11 bits per heavy atom. The molecular weight excluding hydrogens is 270 g/mol. The van der Waals surface area contributed by atoms with Crippen LogP contribution in [0.25, 0.3) is 0 Å². The summed E-state index contributed by atoms with van der Waals surface area (Å²) in [7, 11) is -3.81. The molecular formula is C9H13N7O2S. The Hall–Kier alpha value is -2.20. The maximum absolute atomic E-state index is 11.3. The number of H-pyrrole nitrogens is 1. The standard InChI is InChI=1S/C9H13N7O2S/c1-5(9-13-15-16-14-9)12-7-2-6(10)3-8(4-7)19(11,17)18/h2-5,12H,10H2,1H3,(H2,11,17,18)(H,13,14,15,16). The molecule has 1 atom stereocenters. The summed E-state index contributed by atoms with van der Waals surface area (Å²) in [6.07, 6.45) is 0. The van der Waals surface area contributed by atoms with Crippen LogP contribution in [0.15, 0.2) is 23.1 Å². The van der Waals surface area contributed by atoms with Crippen molar-refractivity contribution in [2.45, 2.75) is 17.9 Å². The van der Waals surface area contributed by atoms with Crippen molar-refractivity contribution in [2.24, 2.45) is 5.14 Å². The van der Waals surface area contributed by atoms with Gasteiger partial charge in [0.05, 0.1) is 10.9 Å². The molecule has 1 aromatic carbocycles. The molecule has 0 aliphatic carbocycles. The highest BCUT2D eigenvalue weighted by Crippen LogP contribution is 2.22. The third-order valence-electron chi connectivity index (χ3n) is 2.39. The van der Waals surface area contributed by atoms with E-state index < -0.39 is 10.0 Å². The van der Waals surface area contributed by atoms with E-state index in [1.54, 1.807) is 13.0 Å². The van der Waals surface area contributed by atoms with Crippen LogP contribution in [0.1, 0.15) is 18.8 Å². The average Bonchev–Trinajstić information content (AvgIpc) is 2.80. The molecule has 0 aliphatic rings. The van der Waals surface area contributed by atoms with Crippen molar-refractivity contribution in [1.82, 2.24) is 20.6 Å². The predicted octanol–water partition coefficient (Wildman–Crippen LogP) is -0.398. The summed E-state index contributed by atoms with van der Waals surface area (Å²) < 4.78 is 22.6. The molecule has 1 aromatic heterocycles. The quantitative estimate of drug-likeness (QED) is 0.557. The summed E-state index contributed by atoms with van der Waals surface area (Å²) in [6.45, 7) is 1.80. The number of nitrogens with two attached hydrogens (primary N) is 2. The summed E-state index contributed by atoms with van der Waals surface area (Å²) in [5.74, 6) is 0.444. The summed E-state index contributed by atoms with van der Waals surface area (Å²) in [6, 6.07) is 4.00. The van der Waals surface area contributed by atoms with Crippen molar-refractivity contribution in [3.63, 3.8) is 0 Å². The third kappa shape index (κ3) is 3.17. The van der Waals surface area contributed by atoms with Crippen molar-refractivity contribution >= 4 is 21.4 Å². The number of hydrogen-bond acceptors (Lipinski definition) is 7. The molecule has 0 saturated heterocycles. The van der Waals surface area contributed by atoms with Crippen LogP contribution in [0, 0.1) is 0 Å². The zero-order valence-electron chi connectivity index (χ0n) is 10.0. The minimum absolute atomic E-state index is 0.0599. The van der Waals surface area contributed by atoms with E-state index in [2.05, 4.69) is 25.9 Å². The zero-order chi connectivity index (χ0) is 14.0. The number of benzene rings is 1.